The zero-order valence-corrected chi connectivity index (χ0v) is 9.67. The van der Waals surface area contributed by atoms with Gasteiger partial charge in [0.2, 0.25) is 0 Å². The van der Waals surface area contributed by atoms with Crippen molar-refractivity contribution < 1.29 is 0 Å². The van der Waals surface area contributed by atoms with Crippen molar-refractivity contribution in [1.82, 2.24) is 10.6 Å². The number of piperidine rings is 1. The number of hydrogen-bond acceptors (Lipinski definition) is 2. The molecule has 2 nitrogen and oxygen atoms in total. The second kappa shape index (κ2) is 6.29. The molecule has 2 heteroatoms. The summed E-state index contributed by atoms with van der Waals surface area (Å²) in [6, 6.07) is 0.734. The van der Waals surface area contributed by atoms with Crippen molar-refractivity contribution in [3.8, 4) is 0 Å². The van der Waals surface area contributed by atoms with Gasteiger partial charge in [-0.3, -0.25) is 0 Å². The zero-order valence-electron chi connectivity index (χ0n) is 9.67. The van der Waals surface area contributed by atoms with Gasteiger partial charge in [0.05, 0.1) is 0 Å². The van der Waals surface area contributed by atoms with Crippen LogP contribution in [-0.2, 0) is 0 Å². The second-order valence-corrected chi connectivity index (χ2v) is 4.96. The molecule has 0 saturated carbocycles. The maximum Gasteiger partial charge on any atom is 0.0192 e. The van der Waals surface area contributed by atoms with E-state index in [2.05, 4.69) is 22.8 Å². The van der Waals surface area contributed by atoms with Crippen LogP contribution in [0.25, 0.3) is 0 Å². The van der Waals surface area contributed by atoms with Crippen LogP contribution in [0.5, 0.6) is 0 Å². The highest BCUT2D eigenvalue weighted by molar-refractivity contribution is 4.90. The van der Waals surface area contributed by atoms with Gasteiger partial charge in [-0.15, -0.1) is 0 Å². The molecule has 0 aromatic carbocycles. The van der Waals surface area contributed by atoms with Gasteiger partial charge in [0.25, 0.3) is 0 Å². The van der Waals surface area contributed by atoms with E-state index >= 15 is 0 Å². The average molecular weight is 208 g/mol. The summed E-state index contributed by atoms with van der Waals surface area (Å²) in [7, 11) is 0. The smallest absolute Gasteiger partial charge is 0.0192 e. The highest BCUT2D eigenvalue weighted by atomic mass is 15.0. The zero-order chi connectivity index (χ0) is 10.3. The molecule has 1 fully saturated rings. The van der Waals surface area contributed by atoms with Crippen molar-refractivity contribution in [1.29, 1.82) is 0 Å². The van der Waals surface area contributed by atoms with E-state index in [4.69, 9.17) is 0 Å². The molecule has 0 bridgehead atoms. The molecular formula is C13H24N2. The molecule has 2 rings (SSSR count). The van der Waals surface area contributed by atoms with Crippen molar-refractivity contribution in [2.24, 2.45) is 5.92 Å². The van der Waals surface area contributed by atoms with Crippen LogP contribution in [0, 0.1) is 5.92 Å². The van der Waals surface area contributed by atoms with Gasteiger partial charge in [-0.25, -0.2) is 0 Å². The molecular weight excluding hydrogens is 184 g/mol. The van der Waals surface area contributed by atoms with E-state index in [0.717, 1.165) is 12.0 Å². The Bertz CT molecular complexity index is 195. The Hall–Kier alpha value is -0.340. The third kappa shape index (κ3) is 3.96. The lowest BCUT2D eigenvalue weighted by Crippen LogP contribution is -2.42. The highest BCUT2D eigenvalue weighted by Crippen LogP contribution is 2.16. The normalized spacial score (nSPS) is 31.7. The van der Waals surface area contributed by atoms with Crippen molar-refractivity contribution in [2.75, 3.05) is 19.6 Å². The largest absolute Gasteiger partial charge is 0.315 e. The quantitative estimate of drug-likeness (QED) is 0.691. The van der Waals surface area contributed by atoms with E-state index in [1.165, 1.54) is 58.2 Å². The standard InChI is InChI=1S/C13H24N2/c1-2-6-12(7-3-1)10-14-11-13-8-4-5-9-15-13/h1-2,12-15H,3-11H2. The summed E-state index contributed by atoms with van der Waals surface area (Å²) < 4.78 is 0. The molecule has 1 aliphatic carbocycles. The number of nitrogens with one attached hydrogen (secondary N) is 2. The van der Waals surface area contributed by atoms with Gasteiger partial charge in [-0.1, -0.05) is 18.6 Å². The summed E-state index contributed by atoms with van der Waals surface area (Å²) >= 11 is 0. The Kier molecular flexibility index (Phi) is 4.68. The maximum absolute atomic E-state index is 3.63. The van der Waals surface area contributed by atoms with Gasteiger partial charge in [-0.2, -0.15) is 0 Å². The van der Waals surface area contributed by atoms with Crippen molar-refractivity contribution in [3.63, 3.8) is 0 Å². The van der Waals surface area contributed by atoms with Gasteiger partial charge in [0.15, 0.2) is 0 Å². The van der Waals surface area contributed by atoms with Crippen LogP contribution < -0.4 is 10.6 Å². The van der Waals surface area contributed by atoms with Crippen LogP contribution in [-0.4, -0.2) is 25.7 Å². The van der Waals surface area contributed by atoms with Crippen LogP contribution in [0.15, 0.2) is 12.2 Å². The minimum atomic E-state index is 0.734. The fourth-order valence-electron chi connectivity index (χ4n) is 2.60. The first-order valence-electron chi connectivity index (χ1n) is 6.54. The molecule has 2 atom stereocenters. The highest BCUT2D eigenvalue weighted by Gasteiger charge is 2.13. The lowest BCUT2D eigenvalue weighted by Gasteiger charge is -2.25. The SMILES string of the molecule is C1=CCC(CNCC2CCCCN2)CC1. The lowest BCUT2D eigenvalue weighted by atomic mass is 9.94. The van der Waals surface area contributed by atoms with Gasteiger partial charge in [-0.05, 0) is 51.1 Å². The van der Waals surface area contributed by atoms with Crippen molar-refractivity contribution in [3.05, 3.63) is 12.2 Å². The van der Waals surface area contributed by atoms with E-state index < -0.39 is 0 Å². The number of rotatable bonds is 4. The fourth-order valence-corrected chi connectivity index (χ4v) is 2.60. The topological polar surface area (TPSA) is 24.1 Å². The first kappa shape index (κ1) is 11.2. The molecule has 1 heterocycles. The molecule has 0 aromatic rings. The predicted molar refractivity (Wildman–Crippen MR) is 65.0 cm³/mol. The molecule has 0 radical (unpaired) electrons. The van der Waals surface area contributed by atoms with Crippen molar-refractivity contribution in [2.45, 2.75) is 44.6 Å². The first-order chi connectivity index (χ1) is 7.45. The summed E-state index contributed by atoms with van der Waals surface area (Å²) in [4.78, 5) is 0. The molecule has 0 aromatic heterocycles. The molecule has 0 spiro atoms. The molecule has 1 aliphatic heterocycles. The monoisotopic (exact) mass is 208 g/mol. The summed E-state index contributed by atoms with van der Waals surface area (Å²) in [5, 5.41) is 7.21. The maximum atomic E-state index is 3.63. The van der Waals surface area contributed by atoms with Gasteiger partial charge < -0.3 is 10.6 Å². The Labute approximate surface area is 93.5 Å². The summed E-state index contributed by atoms with van der Waals surface area (Å²) in [6.07, 6.45) is 12.7. The van der Waals surface area contributed by atoms with Crippen LogP contribution >= 0.6 is 0 Å². The Morgan fingerprint density at radius 1 is 1.13 bits per heavy atom. The van der Waals surface area contributed by atoms with Gasteiger partial charge in [0, 0.05) is 12.6 Å². The first-order valence-corrected chi connectivity index (χ1v) is 6.54. The molecule has 2 unspecified atom stereocenters. The Morgan fingerprint density at radius 3 is 2.87 bits per heavy atom. The van der Waals surface area contributed by atoms with Crippen molar-refractivity contribution >= 4 is 0 Å². The molecule has 86 valence electrons. The van der Waals surface area contributed by atoms with Gasteiger partial charge >= 0.3 is 0 Å². The molecule has 1 saturated heterocycles. The van der Waals surface area contributed by atoms with E-state index in [0.29, 0.717) is 0 Å². The summed E-state index contributed by atoms with van der Waals surface area (Å²) in [6.45, 7) is 3.60. The summed E-state index contributed by atoms with van der Waals surface area (Å²) in [5.74, 6) is 0.888. The Balaban J connectivity index is 1.55. The number of hydrogen-bond donors (Lipinski definition) is 2. The van der Waals surface area contributed by atoms with E-state index in [9.17, 15) is 0 Å². The third-order valence-corrected chi connectivity index (χ3v) is 3.61. The predicted octanol–water partition coefficient (Wildman–Crippen LogP) is 2.07. The minimum absolute atomic E-state index is 0.734. The molecule has 0 amide bonds. The average Bonchev–Trinajstić information content (AvgIpc) is 2.32. The van der Waals surface area contributed by atoms with Crippen LogP contribution in [0.2, 0.25) is 0 Å². The van der Waals surface area contributed by atoms with E-state index in [1.807, 2.05) is 0 Å². The van der Waals surface area contributed by atoms with Gasteiger partial charge in [0.1, 0.15) is 0 Å². The molecule has 2 aliphatic rings. The van der Waals surface area contributed by atoms with Crippen LogP contribution in [0.4, 0.5) is 0 Å². The van der Waals surface area contributed by atoms with E-state index in [-0.39, 0.29) is 0 Å². The Morgan fingerprint density at radius 2 is 2.13 bits per heavy atom. The number of allylic oxidation sites excluding steroid dienone is 2. The van der Waals surface area contributed by atoms with E-state index in [1.54, 1.807) is 0 Å². The minimum Gasteiger partial charge on any atom is -0.315 e. The molecule has 15 heavy (non-hydrogen) atoms. The third-order valence-electron chi connectivity index (χ3n) is 3.61. The second-order valence-electron chi connectivity index (χ2n) is 4.96. The fraction of sp³-hybridized carbons (Fsp3) is 0.846. The lowest BCUT2D eigenvalue weighted by molar-refractivity contribution is 0.362. The van der Waals surface area contributed by atoms with Crippen LogP contribution in [0.1, 0.15) is 38.5 Å². The van der Waals surface area contributed by atoms with Crippen LogP contribution in [0.3, 0.4) is 0 Å². The molecule has 2 N–H and O–H groups in total. The summed E-state index contributed by atoms with van der Waals surface area (Å²) in [5.41, 5.74) is 0.